The molecule has 0 radical (unpaired) electrons. The van der Waals surface area contributed by atoms with Crippen molar-refractivity contribution in [2.24, 2.45) is 0 Å². The molecule has 2 aromatic carbocycles. The largest absolute Gasteiger partial charge is 0.309 e. The Labute approximate surface area is 230 Å². The van der Waals surface area contributed by atoms with Gasteiger partial charge in [-0.15, -0.1) is 11.8 Å². The molecule has 1 aliphatic heterocycles. The lowest BCUT2D eigenvalue weighted by atomic mass is 9.89. The molecule has 0 fully saturated rings. The van der Waals surface area contributed by atoms with Gasteiger partial charge in [-0.1, -0.05) is 62.1 Å². The number of benzene rings is 2. The van der Waals surface area contributed by atoms with Crippen molar-refractivity contribution in [3.63, 3.8) is 0 Å². The van der Waals surface area contributed by atoms with Gasteiger partial charge in [0.25, 0.3) is 0 Å². The minimum absolute atomic E-state index is 0.887. The van der Waals surface area contributed by atoms with Gasteiger partial charge in [-0.2, -0.15) is 0 Å². The van der Waals surface area contributed by atoms with Gasteiger partial charge in [0, 0.05) is 34.2 Å². The highest BCUT2D eigenvalue weighted by Crippen LogP contribution is 2.42. The highest BCUT2D eigenvalue weighted by molar-refractivity contribution is 8.01. The second-order valence-corrected chi connectivity index (χ2v) is 10.4. The monoisotopic (exact) mass is 514 g/mol. The van der Waals surface area contributed by atoms with Gasteiger partial charge in [-0.05, 0) is 96.8 Å². The molecular weight excluding hydrogens is 480 g/mol. The van der Waals surface area contributed by atoms with Crippen LogP contribution in [-0.4, -0.2) is 9.55 Å². The number of nitrogens with zero attached hydrogens (tertiary/aromatic N) is 2. The second-order valence-electron chi connectivity index (χ2n) is 9.49. The second kappa shape index (κ2) is 11.3. The molecule has 190 valence electrons. The maximum atomic E-state index is 4.63. The molecule has 3 heteroatoms. The van der Waals surface area contributed by atoms with Crippen LogP contribution in [0.4, 0.5) is 0 Å². The SMILES string of the molecule is C=C1/C=C\SCc2c(n(-c3cccc(-c4ccccn4)c3)c3c(/C=C\C)c(CC)c(C)c(/C=C\C)c23)/C=C\1. The lowest BCUT2D eigenvalue weighted by molar-refractivity contribution is 1.07. The first-order valence-corrected chi connectivity index (χ1v) is 14.3. The van der Waals surface area contributed by atoms with E-state index in [1.54, 1.807) is 0 Å². The number of rotatable bonds is 5. The minimum Gasteiger partial charge on any atom is -0.309 e. The van der Waals surface area contributed by atoms with Gasteiger partial charge >= 0.3 is 0 Å². The van der Waals surface area contributed by atoms with E-state index in [9.17, 15) is 0 Å². The van der Waals surface area contributed by atoms with Crippen LogP contribution in [0.1, 0.15) is 54.3 Å². The zero-order chi connectivity index (χ0) is 26.6. The molecule has 2 nitrogen and oxygen atoms in total. The maximum absolute atomic E-state index is 4.63. The van der Waals surface area contributed by atoms with Crippen molar-refractivity contribution in [2.75, 3.05) is 0 Å². The van der Waals surface area contributed by atoms with Gasteiger partial charge in [0.2, 0.25) is 0 Å². The molecule has 0 amide bonds. The van der Waals surface area contributed by atoms with Crippen molar-refractivity contribution in [1.82, 2.24) is 9.55 Å². The van der Waals surface area contributed by atoms with E-state index < -0.39 is 0 Å². The first-order chi connectivity index (χ1) is 18.6. The molecule has 4 aromatic rings. The molecule has 0 aliphatic carbocycles. The third-order valence-corrected chi connectivity index (χ3v) is 7.95. The molecular formula is C35H34N2S. The zero-order valence-corrected chi connectivity index (χ0v) is 23.5. The van der Waals surface area contributed by atoms with Crippen LogP contribution in [0.15, 0.2) is 90.5 Å². The Morgan fingerprint density at radius 3 is 2.55 bits per heavy atom. The van der Waals surface area contributed by atoms with E-state index in [1.165, 1.54) is 44.4 Å². The van der Waals surface area contributed by atoms with E-state index in [0.29, 0.717) is 0 Å². The summed E-state index contributed by atoms with van der Waals surface area (Å²) in [5, 5.41) is 3.50. The minimum atomic E-state index is 0.887. The van der Waals surface area contributed by atoms with Gasteiger partial charge in [0.1, 0.15) is 0 Å². The van der Waals surface area contributed by atoms with E-state index in [4.69, 9.17) is 0 Å². The van der Waals surface area contributed by atoms with E-state index in [2.05, 4.69) is 122 Å². The van der Waals surface area contributed by atoms with Gasteiger partial charge in [-0.3, -0.25) is 4.98 Å². The molecule has 0 saturated heterocycles. The molecule has 5 rings (SSSR count). The van der Waals surface area contributed by atoms with E-state index in [1.807, 2.05) is 30.1 Å². The summed E-state index contributed by atoms with van der Waals surface area (Å²) in [5.74, 6) is 0.887. The molecule has 1 aliphatic rings. The molecule has 0 atom stereocenters. The summed E-state index contributed by atoms with van der Waals surface area (Å²) in [4.78, 5) is 4.63. The molecule has 3 heterocycles. The standard InChI is InChI=1S/C35H34N2S/c1-6-12-29-25(5)28(8-3)30(13-7-2)35-34(29)31-23-38-21-19-24(4)17-18-33(31)37(35)27-15-11-14-26(22-27)32-16-9-10-20-36-32/h6-7,9-22H,4,8,23H2,1-3,5H3/b12-6-,13-7-,18-17-,21-19-. The van der Waals surface area contributed by atoms with Crippen molar-refractivity contribution >= 4 is 40.9 Å². The zero-order valence-electron chi connectivity index (χ0n) is 22.7. The fourth-order valence-electron chi connectivity index (χ4n) is 5.49. The quantitative estimate of drug-likeness (QED) is 0.264. The number of fused-ring (bicyclic) bond motifs is 3. The van der Waals surface area contributed by atoms with Crippen molar-refractivity contribution in [3.8, 4) is 16.9 Å². The van der Waals surface area contributed by atoms with Crippen LogP contribution in [0.25, 0.3) is 46.1 Å². The van der Waals surface area contributed by atoms with Gasteiger partial charge in [0.05, 0.1) is 16.9 Å². The summed E-state index contributed by atoms with van der Waals surface area (Å²) >= 11 is 1.83. The fraction of sp³-hybridized carbons (Fsp3) is 0.171. The summed E-state index contributed by atoms with van der Waals surface area (Å²) in [6, 6.07) is 14.8. The molecule has 2 aromatic heterocycles. The van der Waals surface area contributed by atoms with Crippen LogP contribution >= 0.6 is 11.8 Å². The normalized spacial score (nSPS) is 15.5. The van der Waals surface area contributed by atoms with Crippen molar-refractivity contribution in [3.05, 3.63) is 124 Å². The number of aromatic nitrogens is 2. The lowest BCUT2D eigenvalue weighted by Crippen LogP contribution is -2.03. The number of hydrogen-bond donors (Lipinski definition) is 0. The first kappa shape index (κ1) is 25.8. The van der Waals surface area contributed by atoms with E-state index >= 15 is 0 Å². The summed E-state index contributed by atoms with van der Waals surface area (Å²) in [6.07, 6.45) is 18.2. The van der Waals surface area contributed by atoms with Crippen LogP contribution < -0.4 is 0 Å². The molecule has 0 bridgehead atoms. The number of hydrogen-bond acceptors (Lipinski definition) is 2. The van der Waals surface area contributed by atoms with E-state index in [-0.39, 0.29) is 0 Å². The summed E-state index contributed by atoms with van der Waals surface area (Å²) in [5.41, 5.74) is 13.4. The number of allylic oxidation sites excluding steroid dienone is 5. The number of pyridine rings is 1. The summed E-state index contributed by atoms with van der Waals surface area (Å²) in [7, 11) is 0. The Bertz CT molecular complexity index is 1630. The van der Waals surface area contributed by atoms with Crippen molar-refractivity contribution in [1.29, 1.82) is 0 Å². The molecule has 0 saturated carbocycles. The van der Waals surface area contributed by atoms with Crippen LogP contribution in [0.2, 0.25) is 0 Å². The maximum Gasteiger partial charge on any atom is 0.0702 e. The molecule has 38 heavy (non-hydrogen) atoms. The Morgan fingerprint density at radius 1 is 1.00 bits per heavy atom. The molecule has 0 unspecified atom stereocenters. The fourth-order valence-corrected chi connectivity index (χ4v) is 6.32. The topological polar surface area (TPSA) is 17.8 Å². The average Bonchev–Trinajstić information content (AvgIpc) is 3.30. The van der Waals surface area contributed by atoms with Crippen molar-refractivity contribution in [2.45, 2.75) is 39.9 Å². The predicted octanol–water partition coefficient (Wildman–Crippen LogP) is 9.96. The van der Waals surface area contributed by atoms with Crippen LogP contribution in [0.5, 0.6) is 0 Å². The molecule has 0 N–H and O–H groups in total. The van der Waals surface area contributed by atoms with Crippen LogP contribution in [0.3, 0.4) is 0 Å². The Balaban J connectivity index is 1.98. The highest BCUT2D eigenvalue weighted by atomic mass is 32.2. The smallest absolute Gasteiger partial charge is 0.0702 e. The first-order valence-electron chi connectivity index (χ1n) is 13.2. The van der Waals surface area contributed by atoms with Gasteiger partial charge in [0.15, 0.2) is 0 Å². The predicted molar refractivity (Wildman–Crippen MR) is 169 cm³/mol. The number of thioether (sulfide) groups is 1. The molecule has 0 spiro atoms. The summed E-state index contributed by atoms with van der Waals surface area (Å²) in [6.45, 7) is 13.0. The van der Waals surface area contributed by atoms with Crippen molar-refractivity contribution < 1.29 is 0 Å². The highest BCUT2D eigenvalue weighted by Gasteiger charge is 2.25. The Kier molecular flexibility index (Phi) is 7.67. The van der Waals surface area contributed by atoms with Crippen LogP contribution in [-0.2, 0) is 12.2 Å². The third kappa shape index (κ3) is 4.63. The summed E-state index contributed by atoms with van der Waals surface area (Å²) < 4.78 is 2.47. The third-order valence-electron chi connectivity index (χ3n) is 7.17. The lowest BCUT2D eigenvalue weighted by Gasteiger charge is -2.18. The average molecular weight is 515 g/mol. The van der Waals surface area contributed by atoms with Crippen LogP contribution in [0, 0.1) is 6.92 Å². The Hall–Kier alpha value is -3.82. The van der Waals surface area contributed by atoms with Gasteiger partial charge < -0.3 is 4.57 Å². The van der Waals surface area contributed by atoms with E-state index in [0.717, 1.165) is 34.7 Å². The Morgan fingerprint density at radius 2 is 1.82 bits per heavy atom. The van der Waals surface area contributed by atoms with Gasteiger partial charge in [-0.25, -0.2) is 0 Å².